The summed E-state index contributed by atoms with van der Waals surface area (Å²) in [6, 6.07) is 11.2. The zero-order valence-corrected chi connectivity index (χ0v) is 16.8. The number of aromatic amines is 1. The molecule has 4 aromatic rings. The van der Waals surface area contributed by atoms with E-state index in [9.17, 15) is 0 Å². The maximum atomic E-state index is 4.30. The zero-order valence-electron chi connectivity index (χ0n) is 16.8. The van der Waals surface area contributed by atoms with Crippen LogP contribution in [0, 0.1) is 0 Å². The van der Waals surface area contributed by atoms with Crippen LogP contribution >= 0.6 is 0 Å². The van der Waals surface area contributed by atoms with E-state index >= 15 is 0 Å². The number of nitrogens with one attached hydrogen (secondary N) is 1. The molecular formula is C23H27N5. The molecule has 0 spiro atoms. The first-order valence-corrected chi connectivity index (χ1v) is 10.2. The van der Waals surface area contributed by atoms with E-state index in [1.165, 1.54) is 53.7 Å². The number of rotatable bonds is 3. The van der Waals surface area contributed by atoms with Crippen LogP contribution < -0.4 is 0 Å². The van der Waals surface area contributed by atoms with Crippen molar-refractivity contribution in [3.8, 4) is 11.3 Å². The van der Waals surface area contributed by atoms with E-state index < -0.39 is 0 Å². The molecule has 1 aliphatic heterocycles. The molecule has 1 aliphatic rings. The number of benzene rings is 1. The summed E-state index contributed by atoms with van der Waals surface area (Å²) in [6.45, 7) is 6.94. The van der Waals surface area contributed by atoms with Gasteiger partial charge in [-0.15, -0.1) is 0 Å². The summed E-state index contributed by atoms with van der Waals surface area (Å²) in [5.41, 5.74) is 7.32. The van der Waals surface area contributed by atoms with Crippen LogP contribution in [-0.4, -0.2) is 44.6 Å². The first-order valence-electron chi connectivity index (χ1n) is 10.2. The Morgan fingerprint density at radius 2 is 1.93 bits per heavy atom. The lowest BCUT2D eigenvalue weighted by molar-refractivity contribution is 0.255. The summed E-state index contributed by atoms with van der Waals surface area (Å²) in [4.78, 5) is 10.4. The second-order valence-corrected chi connectivity index (χ2v) is 8.43. The lowest BCUT2D eigenvalue weighted by atomic mass is 9.88. The van der Waals surface area contributed by atoms with Gasteiger partial charge < -0.3 is 9.88 Å². The molecule has 0 bridgehead atoms. The third-order valence-corrected chi connectivity index (χ3v) is 6.19. The number of H-pyrrole nitrogens is 1. The standard InChI is InChI=1S/C23H27N5/c1-15(2)22-19-12-17(16-8-10-27(3)11-9-16)4-6-20(19)26-23(22)18-5-7-21-24-14-25-28(21)13-18/h4-7,12-16,26H,8-11H2,1-3H3. The molecule has 0 unspecified atom stereocenters. The van der Waals surface area contributed by atoms with E-state index in [-0.39, 0.29) is 0 Å². The first kappa shape index (κ1) is 17.4. The minimum Gasteiger partial charge on any atom is -0.354 e. The second kappa shape index (κ2) is 6.74. The highest BCUT2D eigenvalue weighted by atomic mass is 15.3. The van der Waals surface area contributed by atoms with Gasteiger partial charge in [0.05, 0.1) is 5.69 Å². The largest absolute Gasteiger partial charge is 0.354 e. The quantitative estimate of drug-likeness (QED) is 0.561. The van der Waals surface area contributed by atoms with Crippen LogP contribution in [0.3, 0.4) is 0 Å². The van der Waals surface area contributed by atoms with Crippen LogP contribution in [-0.2, 0) is 0 Å². The van der Waals surface area contributed by atoms with Crippen molar-refractivity contribution in [1.29, 1.82) is 0 Å². The highest BCUT2D eigenvalue weighted by molar-refractivity contribution is 5.92. The number of hydrogen-bond donors (Lipinski definition) is 1. The van der Waals surface area contributed by atoms with E-state index in [0.717, 1.165) is 11.2 Å². The second-order valence-electron chi connectivity index (χ2n) is 8.43. The van der Waals surface area contributed by atoms with Gasteiger partial charge in [0.25, 0.3) is 0 Å². The molecule has 1 aromatic carbocycles. The van der Waals surface area contributed by atoms with E-state index in [1.807, 2.05) is 10.6 Å². The number of hydrogen-bond acceptors (Lipinski definition) is 3. The van der Waals surface area contributed by atoms with Crippen molar-refractivity contribution in [3.63, 3.8) is 0 Å². The van der Waals surface area contributed by atoms with E-state index in [2.05, 4.69) is 71.3 Å². The first-order chi connectivity index (χ1) is 13.6. The monoisotopic (exact) mass is 373 g/mol. The van der Waals surface area contributed by atoms with Crippen LogP contribution in [0.15, 0.2) is 42.9 Å². The summed E-state index contributed by atoms with van der Waals surface area (Å²) in [7, 11) is 2.22. The Labute approximate surface area is 165 Å². The van der Waals surface area contributed by atoms with Gasteiger partial charge in [0.1, 0.15) is 6.33 Å². The van der Waals surface area contributed by atoms with Gasteiger partial charge in [-0.3, -0.25) is 0 Å². The lowest BCUT2D eigenvalue weighted by Gasteiger charge is -2.29. The third-order valence-electron chi connectivity index (χ3n) is 6.19. The van der Waals surface area contributed by atoms with Gasteiger partial charge in [0, 0.05) is 22.7 Å². The van der Waals surface area contributed by atoms with E-state index in [4.69, 9.17) is 0 Å². The number of aromatic nitrogens is 4. The topological polar surface area (TPSA) is 49.2 Å². The van der Waals surface area contributed by atoms with Crippen LogP contribution in [0.25, 0.3) is 27.8 Å². The number of nitrogens with zero attached hydrogens (tertiary/aromatic N) is 4. The van der Waals surface area contributed by atoms with Gasteiger partial charge in [-0.25, -0.2) is 9.50 Å². The molecule has 0 amide bonds. The fraction of sp³-hybridized carbons (Fsp3) is 0.391. The molecule has 5 nitrogen and oxygen atoms in total. The molecule has 1 fully saturated rings. The van der Waals surface area contributed by atoms with E-state index in [0.29, 0.717) is 11.8 Å². The molecule has 0 aliphatic carbocycles. The molecule has 144 valence electrons. The fourth-order valence-corrected chi connectivity index (χ4v) is 4.62. The molecular weight excluding hydrogens is 346 g/mol. The molecule has 1 N–H and O–H groups in total. The average molecular weight is 374 g/mol. The van der Waals surface area contributed by atoms with Gasteiger partial charge in [-0.1, -0.05) is 19.9 Å². The third kappa shape index (κ3) is 2.90. The van der Waals surface area contributed by atoms with Crippen molar-refractivity contribution in [2.45, 2.75) is 38.5 Å². The highest BCUT2D eigenvalue weighted by Gasteiger charge is 2.21. The smallest absolute Gasteiger partial charge is 0.155 e. The molecule has 28 heavy (non-hydrogen) atoms. The zero-order chi connectivity index (χ0) is 19.3. The van der Waals surface area contributed by atoms with Crippen molar-refractivity contribution in [2.24, 2.45) is 0 Å². The maximum absolute atomic E-state index is 4.30. The molecule has 4 heterocycles. The van der Waals surface area contributed by atoms with Gasteiger partial charge >= 0.3 is 0 Å². The summed E-state index contributed by atoms with van der Waals surface area (Å²) < 4.78 is 1.84. The maximum Gasteiger partial charge on any atom is 0.155 e. The summed E-state index contributed by atoms with van der Waals surface area (Å²) in [5.74, 6) is 1.10. The van der Waals surface area contributed by atoms with Crippen molar-refractivity contribution in [2.75, 3.05) is 20.1 Å². The van der Waals surface area contributed by atoms with Crippen LogP contribution in [0.4, 0.5) is 0 Å². The summed E-state index contributed by atoms with van der Waals surface area (Å²) in [5, 5.41) is 5.66. The molecule has 1 saturated heterocycles. The minimum atomic E-state index is 0.433. The lowest BCUT2D eigenvalue weighted by Crippen LogP contribution is -2.29. The molecule has 3 aromatic heterocycles. The molecule has 0 saturated carbocycles. The average Bonchev–Trinajstić information content (AvgIpc) is 3.31. The Morgan fingerprint density at radius 3 is 2.71 bits per heavy atom. The Hall–Kier alpha value is -2.66. The molecule has 5 rings (SSSR count). The van der Waals surface area contributed by atoms with Gasteiger partial charge in [0.15, 0.2) is 5.65 Å². The predicted octanol–water partition coefficient (Wildman–Crippen LogP) is 4.81. The highest BCUT2D eigenvalue weighted by Crippen LogP contribution is 2.38. The van der Waals surface area contributed by atoms with Crippen LogP contribution in [0.5, 0.6) is 0 Å². The van der Waals surface area contributed by atoms with E-state index in [1.54, 1.807) is 6.33 Å². The van der Waals surface area contributed by atoms with Crippen molar-refractivity contribution >= 4 is 16.6 Å². The summed E-state index contributed by atoms with van der Waals surface area (Å²) >= 11 is 0. The Bertz CT molecular complexity index is 1130. The minimum absolute atomic E-state index is 0.433. The Morgan fingerprint density at radius 1 is 1.11 bits per heavy atom. The SMILES string of the molecule is CC(C)c1c(-c2ccc3ncnn3c2)[nH]c2ccc(C3CCN(C)CC3)cc12. The Kier molecular flexibility index (Phi) is 4.20. The molecule has 5 heteroatoms. The van der Waals surface area contributed by atoms with Gasteiger partial charge in [-0.2, -0.15) is 5.10 Å². The predicted molar refractivity (Wildman–Crippen MR) is 114 cm³/mol. The Balaban J connectivity index is 1.62. The fourth-order valence-electron chi connectivity index (χ4n) is 4.62. The summed E-state index contributed by atoms with van der Waals surface area (Å²) in [6.07, 6.45) is 6.16. The number of fused-ring (bicyclic) bond motifs is 2. The van der Waals surface area contributed by atoms with Crippen LogP contribution in [0.2, 0.25) is 0 Å². The van der Waals surface area contributed by atoms with Crippen molar-refractivity contribution < 1.29 is 0 Å². The number of piperidine rings is 1. The number of likely N-dealkylation sites (tertiary alicyclic amines) is 1. The molecule has 0 radical (unpaired) electrons. The molecule has 0 atom stereocenters. The van der Waals surface area contributed by atoms with Crippen molar-refractivity contribution in [3.05, 3.63) is 54.0 Å². The van der Waals surface area contributed by atoms with Crippen LogP contribution in [0.1, 0.15) is 49.7 Å². The van der Waals surface area contributed by atoms with Crippen molar-refractivity contribution in [1.82, 2.24) is 24.5 Å². The van der Waals surface area contributed by atoms with Gasteiger partial charge in [0.2, 0.25) is 0 Å². The number of pyridine rings is 1. The normalized spacial score (nSPS) is 16.6. The van der Waals surface area contributed by atoms with Gasteiger partial charge in [-0.05, 0) is 80.2 Å².